The molecule has 2 saturated heterocycles. The zero-order chi connectivity index (χ0) is 25.8. The Kier molecular flexibility index (Phi) is 7.54. The molecule has 1 unspecified atom stereocenters. The highest BCUT2D eigenvalue weighted by atomic mass is 32.2. The summed E-state index contributed by atoms with van der Waals surface area (Å²) in [7, 11) is -3.58. The van der Waals surface area contributed by atoms with Crippen molar-refractivity contribution in [3.05, 3.63) is 82.5 Å². The summed E-state index contributed by atoms with van der Waals surface area (Å²) in [6.45, 7) is 2.17. The minimum Gasteiger partial charge on any atom is -0.483 e. The summed E-state index contributed by atoms with van der Waals surface area (Å²) in [6, 6.07) is 14.6. The van der Waals surface area contributed by atoms with Gasteiger partial charge in [0.25, 0.3) is 0 Å². The summed E-state index contributed by atoms with van der Waals surface area (Å²) in [5, 5.41) is 4.38. The summed E-state index contributed by atoms with van der Waals surface area (Å²) in [4.78, 5) is 15.4. The second-order valence-electron chi connectivity index (χ2n) is 9.13. The molecule has 2 aromatic carbocycles. The van der Waals surface area contributed by atoms with Crippen molar-refractivity contribution in [1.29, 1.82) is 0 Å². The van der Waals surface area contributed by atoms with E-state index in [9.17, 15) is 17.6 Å². The highest BCUT2D eigenvalue weighted by Crippen LogP contribution is 2.27. The number of nitrogens with zero attached hydrogens (tertiary/aromatic N) is 4. The van der Waals surface area contributed by atoms with Crippen LogP contribution in [0.15, 0.2) is 65.6 Å². The van der Waals surface area contributed by atoms with Gasteiger partial charge in [-0.2, -0.15) is 14.1 Å². The van der Waals surface area contributed by atoms with Crippen LogP contribution in [0.2, 0.25) is 0 Å². The number of piperazine rings is 1. The number of benzene rings is 2. The Morgan fingerprint density at radius 1 is 1.03 bits per heavy atom. The van der Waals surface area contributed by atoms with Crippen molar-refractivity contribution in [2.45, 2.75) is 24.7 Å². The minimum absolute atomic E-state index is 0.0703. The molecular weight excluding hydrogens is 499 g/mol. The van der Waals surface area contributed by atoms with Gasteiger partial charge in [-0.15, -0.1) is 0 Å². The summed E-state index contributed by atoms with van der Waals surface area (Å²) in [5.41, 5.74) is 1.30. The number of sulfonamides is 1. The summed E-state index contributed by atoms with van der Waals surface area (Å²) in [6.07, 6.45) is 3.36. The second kappa shape index (κ2) is 11.0. The lowest BCUT2D eigenvalue weighted by atomic mass is 10.2. The van der Waals surface area contributed by atoms with E-state index in [-0.39, 0.29) is 42.9 Å². The normalized spacial score (nSPS) is 18.7. The predicted octanol–water partition coefficient (Wildman–Crippen LogP) is 2.58. The molecule has 0 bridgehead atoms. The molecule has 11 heteroatoms. The molecule has 9 nitrogen and oxygen atoms in total. The third-order valence-corrected chi connectivity index (χ3v) is 8.44. The third-order valence-electron chi connectivity index (χ3n) is 6.59. The summed E-state index contributed by atoms with van der Waals surface area (Å²) in [5.74, 6) is -0.426. The number of anilines is 1. The first-order valence-corrected chi connectivity index (χ1v) is 13.9. The zero-order valence-electron chi connectivity index (χ0n) is 20.3. The van der Waals surface area contributed by atoms with E-state index >= 15 is 0 Å². The standard InChI is InChI=1S/C26H29FN4O5S/c27-21-10-8-20(9-11-21)19-37(33,34)30-14-12-29(13-15-30)24-17-28-31(22-5-2-1-3-6-22)26(32)25(24)36-18-23-7-4-16-35-23/h1-3,5-6,8-11,17,23H,4,7,12-16,18-19H2. The lowest BCUT2D eigenvalue weighted by molar-refractivity contribution is 0.0673. The van der Waals surface area contributed by atoms with Crippen LogP contribution in [-0.2, 0) is 20.5 Å². The van der Waals surface area contributed by atoms with E-state index in [4.69, 9.17) is 9.47 Å². The van der Waals surface area contributed by atoms with Crippen LogP contribution in [0, 0.1) is 5.82 Å². The molecule has 0 aliphatic carbocycles. The lowest BCUT2D eigenvalue weighted by Gasteiger charge is -2.35. The topological polar surface area (TPSA) is 94.0 Å². The van der Waals surface area contributed by atoms with Crippen LogP contribution in [0.5, 0.6) is 5.75 Å². The van der Waals surface area contributed by atoms with E-state index in [0.29, 0.717) is 36.6 Å². The molecule has 196 valence electrons. The van der Waals surface area contributed by atoms with Crippen LogP contribution in [0.3, 0.4) is 0 Å². The van der Waals surface area contributed by atoms with E-state index in [2.05, 4.69) is 5.10 Å². The molecule has 0 spiro atoms. The minimum atomic E-state index is -3.58. The third kappa shape index (κ3) is 5.84. The highest BCUT2D eigenvalue weighted by Gasteiger charge is 2.30. The van der Waals surface area contributed by atoms with Crippen molar-refractivity contribution in [2.24, 2.45) is 0 Å². The lowest BCUT2D eigenvalue weighted by Crippen LogP contribution is -2.49. The van der Waals surface area contributed by atoms with Crippen molar-refractivity contribution in [1.82, 2.24) is 14.1 Å². The van der Waals surface area contributed by atoms with Gasteiger partial charge in [-0.25, -0.2) is 12.8 Å². The Balaban J connectivity index is 1.34. The molecule has 37 heavy (non-hydrogen) atoms. The molecule has 0 N–H and O–H groups in total. The van der Waals surface area contributed by atoms with Gasteiger partial charge in [0.2, 0.25) is 15.8 Å². The first-order valence-electron chi connectivity index (χ1n) is 12.3. The molecule has 0 saturated carbocycles. The smallest absolute Gasteiger partial charge is 0.316 e. The Labute approximate surface area is 215 Å². The van der Waals surface area contributed by atoms with Crippen molar-refractivity contribution in [3.63, 3.8) is 0 Å². The molecule has 1 atom stereocenters. The van der Waals surface area contributed by atoms with Gasteiger partial charge in [-0.3, -0.25) is 4.79 Å². The first-order chi connectivity index (χ1) is 17.9. The molecule has 5 rings (SSSR count). The monoisotopic (exact) mass is 528 g/mol. The number of aromatic nitrogens is 2. The molecule has 2 aliphatic heterocycles. The van der Waals surface area contributed by atoms with Crippen LogP contribution in [-0.4, -0.2) is 68.0 Å². The molecular formula is C26H29FN4O5S. The van der Waals surface area contributed by atoms with Crippen molar-refractivity contribution >= 4 is 15.7 Å². The molecule has 2 aliphatic rings. The number of halogens is 1. The van der Waals surface area contributed by atoms with E-state index in [1.54, 1.807) is 18.3 Å². The van der Waals surface area contributed by atoms with Gasteiger partial charge in [-0.1, -0.05) is 30.3 Å². The van der Waals surface area contributed by atoms with E-state index in [0.717, 1.165) is 12.8 Å². The predicted molar refractivity (Wildman–Crippen MR) is 137 cm³/mol. The van der Waals surface area contributed by atoms with Gasteiger partial charge >= 0.3 is 5.56 Å². The van der Waals surface area contributed by atoms with Crippen LogP contribution >= 0.6 is 0 Å². The maximum absolute atomic E-state index is 13.5. The molecule has 2 fully saturated rings. The summed E-state index contributed by atoms with van der Waals surface area (Å²) >= 11 is 0. The van der Waals surface area contributed by atoms with Crippen LogP contribution < -0.4 is 15.2 Å². The fraction of sp³-hybridized carbons (Fsp3) is 0.385. The fourth-order valence-electron chi connectivity index (χ4n) is 4.59. The SMILES string of the molecule is O=c1c(OCC2CCCO2)c(N2CCN(S(=O)(=O)Cc3ccc(F)cc3)CC2)cnn1-c1ccccc1. The van der Waals surface area contributed by atoms with E-state index in [1.165, 1.54) is 33.3 Å². The number of hydrogen-bond donors (Lipinski definition) is 0. The van der Waals surface area contributed by atoms with Gasteiger partial charge in [0.1, 0.15) is 18.1 Å². The Morgan fingerprint density at radius 2 is 1.76 bits per heavy atom. The van der Waals surface area contributed by atoms with Crippen LogP contribution in [0.25, 0.3) is 5.69 Å². The average Bonchev–Trinajstić information content (AvgIpc) is 3.43. The second-order valence-corrected chi connectivity index (χ2v) is 11.1. The van der Waals surface area contributed by atoms with Gasteiger partial charge in [0, 0.05) is 32.8 Å². The number of rotatable bonds is 8. The molecule has 1 aromatic heterocycles. The zero-order valence-corrected chi connectivity index (χ0v) is 21.1. The molecule has 0 amide bonds. The highest BCUT2D eigenvalue weighted by molar-refractivity contribution is 7.88. The average molecular weight is 529 g/mol. The Morgan fingerprint density at radius 3 is 2.43 bits per heavy atom. The van der Waals surface area contributed by atoms with E-state index in [1.807, 2.05) is 23.1 Å². The van der Waals surface area contributed by atoms with Crippen LogP contribution in [0.1, 0.15) is 18.4 Å². The maximum atomic E-state index is 13.5. The molecule has 3 heterocycles. The number of para-hydroxylation sites is 1. The molecule has 0 radical (unpaired) electrons. The van der Waals surface area contributed by atoms with Gasteiger partial charge in [-0.05, 0) is 42.7 Å². The Bertz CT molecular complexity index is 1370. The van der Waals surface area contributed by atoms with Crippen LogP contribution in [0.4, 0.5) is 10.1 Å². The van der Waals surface area contributed by atoms with Crippen molar-refractivity contribution in [3.8, 4) is 11.4 Å². The number of hydrogen-bond acceptors (Lipinski definition) is 7. The molecule has 3 aromatic rings. The van der Waals surface area contributed by atoms with E-state index < -0.39 is 15.8 Å². The van der Waals surface area contributed by atoms with Gasteiger partial charge < -0.3 is 14.4 Å². The fourth-order valence-corrected chi connectivity index (χ4v) is 6.10. The van der Waals surface area contributed by atoms with Gasteiger partial charge in [0.15, 0.2) is 0 Å². The van der Waals surface area contributed by atoms with Crippen molar-refractivity contribution < 1.29 is 22.3 Å². The largest absolute Gasteiger partial charge is 0.483 e. The first kappa shape index (κ1) is 25.4. The van der Waals surface area contributed by atoms with Gasteiger partial charge in [0.05, 0.1) is 23.7 Å². The summed E-state index contributed by atoms with van der Waals surface area (Å²) < 4.78 is 53.6. The maximum Gasteiger partial charge on any atom is 0.316 e. The van der Waals surface area contributed by atoms with Crippen molar-refractivity contribution in [2.75, 3.05) is 44.3 Å². The number of ether oxygens (including phenoxy) is 2. The Hall–Kier alpha value is -3.28. The quantitative estimate of drug-likeness (QED) is 0.444.